The first-order valence-corrected chi connectivity index (χ1v) is 12.0. The molecule has 0 radical (unpaired) electrons. The van der Waals surface area contributed by atoms with E-state index >= 15 is 0 Å². The average Bonchev–Trinajstić information content (AvgIpc) is 2.84. The van der Waals surface area contributed by atoms with Gasteiger partial charge in [0.2, 0.25) is 5.91 Å². The molecule has 0 spiro atoms. The molecule has 2 saturated heterocycles. The maximum atomic E-state index is 13.4. The first-order valence-electron chi connectivity index (χ1n) is 12.0. The molecule has 8 nitrogen and oxygen atoms in total. The highest BCUT2D eigenvalue weighted by molar-refractivity contribution is 5.91. The molecule has 2 fully saturated rings. The van der Waals surface area contributed by atoms with Crippen molar-refractivity contribution in [3.05, 3.63) is 65.7 Å². The second kappa shape index (κ2) is 11.3. The van der Waals surface area contributed by atoms with Crippen LogP contribution in [0.1, 0.15) is 31.0 Å². The van der Waals surface area contributed by atoms with Crippen molar-refractivity contribution in [2.45, 2.75) is 38.4 Å². The number of amides is 2. The number of hydrogen-bond acceptors (Lipinski definition) is 5. The lowest BCUT2D eigenvalue weighted by Gasteiger charge is -2.38. The highest BCUT2D eigenvalue weighted by Gasteiger charge is 2.27. The van der Waals surface area contributed by atoms with Gasteiger partial charge in [0.15, 0.2) is 0 Å². The molecule has 2 aliphatic heterocycles. The van der Waals surface area contributed by atoms with Crippen LogP contribution in [-0.2, 0) is 11.3 Å². The molecule has 3 heterocycles. The van der Waals surface area contributed by atoms with E-state index in [0.717, 1.165) is 24.1 Å². The summed E-state index contributed by atoms with van der Waals surface area (Å²) in [6.07, 6.45) is 5.85. The summed E-state index contributed by atoms with van der Waals surface area (Å²) in [4.78, 5) is 33.8. The molecule has 186 valence electrons. The molecule has 1 aromatic carbocycles. The van der Waals surface area contributed by atoms with Crippen molar-refractivity contribution >= 4 is 23.8 Å². The highest BCUT2D eigenvalue weighted by atomic mass is 19.1. The summed E-state index contributed by atoms with van der Waals surface area (Å²) in [6, 6.07) is 10.5. The first-order chi connectivity index (χ1) is 16.9. The van der Waals surface area contributed by atoms with Crippen molar-refractivity contribution in [3.63, 3.8) is 0 Å². The fourth-order valence-corrected chi connectivity index (χ4v) is 4.67. The monoisotopic (exact) mass is 481 g/mol. The number of piperazine rings is 1. The standard InChI is InChI=1S/C26H32FN5O3/c1-19-17-30(13-14-32(19)26(34)35)18-20-5-6-22(28-16-20)7-8-25(33)31-11-9-23(10-12-31)29-24-4-2-3-21(27)15-24/h2-8,15-16,19,23,29H,9-14,17-18H2,1H3,(H,34,35)/t19-/m0/s1. The fraction of sp³-hybridized carbons (Fsp3) is 0.423. The molecule has 1 atom stereocenters. The van der Waals surface area contributed by atoms with Crippen LogP contribution < -0.4 is 5.32 Å². The summed E-state index contributed by atoms with van der Waals surface area (Å²) in [7, 11) is 0. The van der Waals surface area contributed by atoms with Crippen LogP contribution in [0, 0.1) is 5.82 Å². The van der Waals surface area contributed by atoms with E-state index in [9.17, 15) is 19.1 Å². The number of aromatic nitrogens is 1. The molecule has 35 heavy (non-hydrogen) atoms. The minimum absolute atomic E-state index is 0.0367. The number of likely N-dealkylation sites (tertiary alicyclic amines) is 1. The summed E-state index contributed by atoms with van der Waals surface area (Å²) in [5, 5.41) is 12.6. The summed E-state index contributed by atoms with van der Waals surface area (Å²) in [6.45, 7) is 5.83. The third-order valence-electron chi connectivity index (χ3n) is 6.61. The van der Waals surface area contributed by atoms with Crippen molar-refractivity contribution in [1.29, 1.82) is 0 Å². The third kappa shape index (κ3) is 6.79. The normalized spacial score (nSPS) is 19.8. The van der Waals surface area contributed by atoms with Crippen molar-refractivity contribution < 1.29 is 19.1 Å². The summed E-state index contributed by atoms with van der Waals surface area (Å²) >= 11 is 0. The van der Waals surface area contributed by atoms with E-state index in [2.05, 4.69) is 15.2 Å². The number of carbonyl (C=O) groups is 2. The van der Waals surface area contributed by atoms with Gasteiger partial charge in [-0.15, -0.1) is 0 Å². The van der Waals surface area contributed by atoms with Crippen molar-refractivity contribution in [3.8, 4) is 0 Å². The number of benzene rings is 1. The Balaban J connectivity index is 1.22. The Morgan fingerprint density at radius 2 is 1.97 bits per heavy atom. The predicted molar refractivity (Wildman–Crippen MR) is 132 cm³/mol. The lowest BCUT2D eigenvalue weighted by Crippen LogP contribution is -2.53. The van der Waals surface area contributed by atoms with Gasteiger partial charge in [-0.25, -0.2) is 9.18 Å². The van der Waals surface area contributed by atoms with E-state index in [1.807, 2.05) is 36.2 Å². The summed E-state index contributed by atoms with van der Waals surface area (Å²) in [5.74, 6) is -0.298. The smallest absolute Gasteiger partial charge is 0.407 e. The maximum Gasteiger partial charge on any atom is 0.407 e. The van der Waals surface area contributed by atoms with Gasteiger partial charge in [-0.3, -0.25) is 14.7 Å². The molecule has 0 unspecified atom stereocenters. The van der Waals surface area contributed by atoms with Crippen LogP contribution >= 0.6 is 0 Å². The lowest BCUT2D eigenvalue weighted by atomic mass is 10.0. The molecule has 2 N–H and O–H groups in total. The Kier molecular flexibility index (Phi) is 7.97. The molecule has 2 amide bonds. The van der Waals surface area contributed by atoms with E-state index in [-0.39, 0.29) is 23.8 Å². The quantitative estimate of drug-likeness (QED) is 0.614. The molecule has 9 heteroatoms. The largest absolute Gasteiger partial charge is 0.465 e. The Labute approximate surface area is 205 Å². The third-order valence-corrected chi connectivity index (χ3v) is 6.61. The number of nitrogens with zero attached hydrogens (tertiary/aromatic N) is 4. The number of carbonyl (C=O) groups excluding carboxylic acids is 1. The number of anilines is 1. The SMILES string of the molecule is C[C@H]1CN(Cc2ccc(C=CC(=O)N3CCC(Nc4cccc(F)c4)CC3)nc2)CCN1C(=O)O. The zero-order valence-corrected chi connectivity index (χ0v) is 19.9. The molecule has 4 rings (SSSR count). The number of pyridine rings is 1. The van der Waals surface area contributed by atoms with E-state index in [0.29, 0.717) is 45.0 Å². The summed E-state index contributed by atoms with van der Waals surface area (Å²) < 4.78 is 13.4. The number of nitrogens with one attached hydrogen (secondary N) is 1. The Morgan fingerprint density at radius 3 is 2.63 bits per heavy atom. The molecular weight excluding hydrogens is 449 g/mol. The Hall–Kier alpha value is -3.46. The summed E-state index contributed by atoms with van der Waals surface area (Å²) in [5.41, 5.74) is 2.53. The topological polar surface area (TPSA) is 89.0 Å². The van der Waals surface area contributed by atoms with Gasteiger partial charge in [-0.2, -0.15) is 0 Å². The molecule has 2 aliphatic rings. The molecule has 0 saturated carbocycles. The lowest BCUT2D eigenvalue weighted by molar-refractivity contribution is -0.126. The van der Waals surface area contributed by atoms with Crippen LogP contribution in [0.15, 0.2) is 48.7 Å². The van der Waals surface area contributed by atoms with Crippen LogP contribution in [0.2, 0.25) is 0 Å². The van der Waals surface area contributed by atoms with Crippen LogP contribution in [-0.4, -0.2) is 81.6 Å². The van der Waals surface area contributed by atoms with Crippen molar-refractivity contribution in [1.82, 2.24) is 19.7 Å². The molecule has 0 bridgehead atoms. The maximum absolute atomic E-state index is 13.4. The predicted octanol–water partition coefficient (Wildman–Crippen LogP) is 3.52. The second-order valence-electron chi connectivity index (χ2n) is 9.24. The van der Waals surface area contributed by atoms with Crippen molar-refractivity contribution in [2.75, 3.05) is 38.0 Å². The molecule has 1 aromatic heterocycles. The van der Waals surface area contributed by atoms with Crippen LogP contribution in [0.4, 0.5) is 14.9 Å². The van der Waals surface area contributed by atoms with Crippen LogP contribution in [0.3, 0.4) is 0 Å². The molecule has 0 aliphatic carbocycles. The van der Waals surface area contributed by atoms with E-state index in [4.69, 9.17) is 0 Å². The molecular formula is C26H32FN5O3. The molecule has 2 aromatic rings. The van der Waals surface area contributed by atoms with E-state index < -0.39 is 6.09 Å². The van der Waals surface area contributed by atoms with Gasteiger partial charge in [-0.1, -0.05) is 12.1 Å². The highest BCUT2D eigenvalue weighted by Crippen LogP contribution is 2.18. The average molecular weight is 482 g/mol. The van der Waals surface area contributed by atoms with Gasteiger partial charge < -0.3 is 20.2 Å². The van der Waals surface area contributed by atoms with E-state index in [1.165, 1.54) is 17.0 Å². The Morgan fingerprint density at radius 1 is 1.17 bits per heavy atom. The zero-order chi connectivity index (χ0) is 24.8. The zero-order valence-electron chi connectivity index (χ0n) is 19.9. The van der Waals surface area contributed by atoms with Crippen molar-refractivity contribution in [2.24, 2.45) is 0 Å². The minimum atomic E-state index is -0.866. The van der Waals surface area contributed by atoms with Gasteiger partial charge in [0.25, 0.3) is 0 Å². The van der Waals surface area contributed by atoms with Gasteiger partial charge in [-0.05, 0) is 55.7 Å². The number of carboxylic acid groups (broad SMARTS) is 1. The van der Waals surface area contributed by atoms with Gasteiger partial charge in [0, 0.05) is 69.3 Å². The minimum Gasteiger partial charge on any atom is -0.465 e. The van der Waals surface area contributed by atoms with Crippen LogP contribution in [0.25, 0.3) is 6.08 Å². The van der Waals surface area contributed by atoms with Gasteiger partial charge in [0.1, 0.15) is 5.82 Å². The van der Waals surface area contributed by atoms with Crippen LogP contribution in [0.5, 0.6) is 0 Å². The van der Waals surface area contributed by atoms with Gasteiger partial charge in [0.05, 0.1) is 5.69 Å². The van der Waals surface area contributed by atoms with E-state index in [1.54, 1.807) is 18.2 Å². The number of piperidine rings is 1. The number of rotatable bonds is 6. The number of halogens is 1. The second-order valence-corrected chi connectivity index (χ2v) is 9.24. The first kappa shape index (κ1) is 24.7. The Bertz CT molecular complexity index is 1050. The fourth-order valence-electron chi connectivity index (χ4n) is 4.67. The van der Waals surface area contributed by atoms with Gasteiger partial charge >= 0.3 is 6.09 Å². The number of hydrogen-bond donors (Lipinski definition) is 2.